The van der Waals surface area contributed by atoms with Crippen LogP contribution in [0.2, 0.25) is 0 Å². The van der Waals surface area contributed by atoms with Crippen molar-refractivity contribution in [2.45, 2.75) is 211 Å². The zero-order chi connectivity index (χ0) is 46.8. The SMILES string of the molecule is CCC=CCC=CCC=CCC=CCCCCCCC(=O)OC[C@H](COP(=O)(O)O[C@H]1C(O)C(O)C(O)[C@@H](OP(=O)(O)O)C1O)OC(=O)CCCCCCCCCCCCCCC. The molecule has 1 fully saturated rings. The normalized spacial score (nSPS) is 22.4. The van der Waals surface area contributed by atoms with E-state index in [0.29, 0.717) is 12.8 Å². The van der Waals surface area contributed by atoms with Crippen LogP contribution in [-0.2, 0) is 41.8 Å². The third kappa shape index (κ3) is 30.7. The summed E-state index contributed by atoms with van der Waals surface area (Å²) < 4.78 is 49.3. The van der Waals surface area contributed by atoms with Crippen LogP contribution in [0.4, 0.5) is 0 Å². The van der Waals surface area contributed by atoms with Gasteiger partial charge in [0.25, 0.3) is 0 Å². The molecule has 1 saturated carbocycles. The van der Waals surface area contributed by atoms with E-state index >= 15 is 0 Å². The number of unbranched alkanes of at least 4 members (excludes halogenated alkanes) is 16. The van der Waals surface area contributed by atoms with Crippen molar-refractivity contribution in [2.24, 2.45) is 0 Å². The van der Waals surface area contributed by atoms with Gasteiger partial charge in [-0.2, -0.15) is 0 Å². The quantitative estimate of drug-likeness (QED) is 0.0132. The van der Waals surface area contributed by atoms with Crippen molar-refractivity contribution < 1.29 is 76.9 Å². The smallest absolute Gasteiger partial charge is 0.462 e. The number of hydrogen-bond acceptors (Lipinski definition) is 13. The van der Waals surface area contributed by atoms with Crippen LogP contribution < -0.4 is 0 Å². The van der Waals surface area contributed by atoms with Crippen LogP contribution in [0.25, 0.3) is 0 Å². The second-order valence-corrected chi connectivity index (χ2v) is 18.7. The first-order chi connectivity index (χ1) is 30.1. The molecule has 8 atom stereocenters. The molecular formula is C45H80O16P2. The van der Waals surface area contributed by atoms with E-state index in [1.54, 1.807) is 0 Å². The zero-order valence-electron chi connectivity index (χ0n) is 37.7. The van der Waals surface area contributed by atoms with Gasteiger partial charge in [-0.25, -0.2) is 9.13 Å². The number of hydrogen-bond donors (Lipinski definition) is 7. The monoisotopic (exact) mass is 938 g/mol. The van der Waals surface area contributed by atoms with Crippen LogP contribution in [0.1, 0.15) is 168 Å². The van der Waals surface area contributed by atoms with Gasteiger partial charge in [-0.1, -0.05) is 152 Å². The summed E-state index contributed by atoms with van der Waals surface area (Å²) in [5.74, 6) is -1.23. The van der Waals surface area contributed by atoms with Gasteiger partial charge in [0, 0.05) is 12.8 Å². The molecule has 0 aromatic heterocycles. The molecule has 0 aliphatic heterocycles. The summed E-state index contributed by atoms with van der Waals surface area (Å²) in [6.45, 7) is 2.97. The predicted octanol–water partition coefficient (Wildman–Crippen LogP) is 8.51. The molecule has 0 radical (unpaired) electrons. The van der Waals surface area contributed by atoms with Crippen LogP contribution in [0.15, 0.2) is 48.6 Å². The number of phosphoric acid groups is 2. The summed E-state index contributed by atoms with van der Waals surface area (Å²) in [6, 6.07) is 0. The number of phosphoric ester groups is 2. The maximum absolute atomic E-state index is 13.0. The lowest BCUT2D eigenvalue weighted by Gasteiger charge is -2.43. The highest BCUT2D eigenvalue weighted by Gasteiger charge is 2.54. The maximum atomic E-state index is 13.0. The molecule has 1 rings (SSSR count). The largest absolute Gasteiger partial charge is 0.472 e. The van der Waals surface area contributed by atoms with E-state index in [0.717, 1.165) is 77.0 Å². The van der Waals surface area contributed by atoms with Crippen molar-refractivity contribution in [3.8, 4) is 0 Å². The Bertz CT molecular complexity index is 1420. The highest BCUT2D eigenvalue weighted by Crippen LogP contribution is 2.49. The Morgan fingerprint density at radius 1 is 0.524 bits per heavy atom. The highest BCUT2D eigenvalue weighted by molar-refractivity contribution is 7.47. The van der Waals surface area contributed by atoms with Crippen molar-refractivity contribution in [3.63, 3.8) is 0 Å². The molecule has 0 amide bonds. The molecule has 0 spiro atoms. The first-order valence-electron chi connectivity index (χ1n) is 23.2. The van der Waals surface area contributed by atoms with Crippen LogP contribution in [-0.4, -0.2) is 103 Å². The fraction of sp³-hybridized carbons (Fsp3) is 0.778. The number of ether oxygens (including phenoxy) is 2. The van der Waals surface area contributed by atoms with Crippen LogP contribution >= 0.6 is 15.6 Å². The molecule has 16 nitrogen and oxygen atoms in total. The summed E-state index contributed by atoms with van der Waals surface area (Å²) in [6.07, 6.45) is 25.0. The third-order valence-corrected chi connectivity index (χ3v) is 11.9. The van der Waals surface area contributed by atoms with Crippen molar-refractivity contribution in [1.82, 2.24) is 0 Å². The summed E-state index contributed by atoms with van der Waals surface area (Å²) in [5, 5.41) is 41.2. The number of rotatable bonds is 38. The van der Waals surface area contributed by atoms with Gasteiger partial charge in [-0.15, -0.1) is 0 Å². The fourth-order valence-electron chi connectivity index (χ4n) is 6.84. The second-order valence-electron chi connectivity index (χ2n) is 16.1. The standard InChI is InChI=1S/C45H80O16P2/c1-3-5-7-9-11-13-15-17-18-19-20-22-23-25-27-29-31-33-38(46)57-35-37(59-39(47)34-32-30-28-26-24-21-16-14-12-10-8-6-4-2)36-58-63(55,56)61-45-42(50)40(48)41(49)44(43(45)51)60-62(52,53)54/h5,7,11,13,17-18,20,22,37,40-45,48-51H,3-4,6,8-10,12,14-16,19,21,23-36H2,1-2H3,(H,55,56)(H2,52,53,54)/t37-,40?,41?,42?,43?,44-,45+/m1/s1. The Morgan fingerprint density at radius 3 is 1.48 bits per heavy atom. The second kappa shape index (κ2) is 36.1. The molecular weight excluding hydrogens is 858 g/mol. The van der Waals surface area contributed by atoms with Gasteiger partial charge < -0.3 is 44.6 Å². The number of esters is 2. The topological polar surface area (TPSA) is 256 Å². The number of aliphatic hydroxyl groups is 4. The number of allylic oxidation sites excluding steroid dienone is 8. The van der Waals surface area contributed by atoms with Gasteiger partial charge in [-0.05, 0) is 51.4 Å². The van der Waals surface area contributed by atoms with E-state index in [9.17, 15) is 44.0 Å². The van der Waals surface area contributed by atoms with Gasteiger partial charge in [0.2, 0.25) is 0 Å². The molecule has 0 saturated heterocycles. The average molecular weight is 939 g/mol. The molecule has 0 heterocycles. The Hall–Kier alpha value is -2.04. The molecule has 0 aromatic rings. The minimum Gasteiger partial charge on any atom is -0.462 e. The molecule has 63 heavy (non-hydrogen) atoms. The van der Waals surface area contributed by atoms with E-state index in [-0.39, 0.29) is 12.8 Å². The lowest BCUT2D eigenvalue weighted by Crippen LogP contribution is -2.64. The molecule has 5 unspecified atom stereocenters. The predicted molar refractivity (Wildman–Crippen MR) is 241 cm³/mol. The number of aliphatic hydroxyl groups excluding tert-OH is 4. The lowest BCUT2D eigenvalue weighted by atomic mass is 9.85. The van der Waals surface area contributed by atoms with Crippen LogP contribution in [0, 0.1) is 0 Å². The molecule has 18 heteroatoms. The van der Waals surface area contributed by atoms with E-state index < -0.39 is 83.5 Å². The molecule has 7 N–H and O–H groups in total. The zero-order valence-corrected chi connectivity index (χ0v) is 39.5. The molecule has 0 aromatic carbocycles. The summed E-state index contributed by atoms with van der Waals surface area (Å²) >= 11 is 0. The van der Waals surface area contributed by atoms with Crippen molar-refractivity contribution in [1.29, 1.82) is 0 Å². The first-order valence-corrected chi connectivity index (χ1v) is 26.2. The Balaban J connectivity index is 2.61. The van der Waals surface area contributed by atoms with Gasteiger partial charge in [0.1, 0.15) is 43.2 Å². The maximum Gasteiger partial charge on any atom is 0.472 e. The highest BCUT2D eigenvalue weighted by atomic mass is 31.2. The summed E-state index contributed by atoms with van der Waals surface area (Å²) in [5.41, 5.74) is 0. The minimum absolute atomic E-state index is 0.0397. The first kappa shape index (κ1) is 59.0. The van der Waals surface area contributed by atoms with Gasteiger partial charge in [-0.3, -0.25) is 23.2 Å². The lowest BCUT2D eigenvalue weighted by molar-refractivity contribution is -0.216. The number of carbonyl (C=O) groups is 2. The number of carbonyl (C=O) groups excluding carboxylic acids is 2. The minimum atomic E-state index is -5.36. The average Bonchev–Trinajstić information content (AvgIpc) is 3.23. The molecule has 366 valence electrons. The van der Waals surface area contributed by atoms with Gasteiger partial charge in [0.15, 0.2) is 6.10 Å². The van der Waals surface area contributed by atoms with E-state index in [4.69, 9.17) is 28.3 Å². The van der Waals surface area contributed by atoms with Crippen LogP contribution in [0.5, 0.6) is 0 Å². The third-order valence-electron chi connectivity index (χ3n) is 10.4. The van der Waals surface area contributed by atoms with Gasteiger partial charge in [0.05, 0.1) is 6.61 Å². The molecule has 1 aliphatic rings. The molecule has 0 bridgehead atoms. The molecule has 1 aliphatic carbocycles. The van der Waals surface area contributed by atoms with Gasteiger partial charge >= 0.3 is 27.6 Å². The van der Waals surface area contributed by atoms with E-state index in [2.05, 4.69) is 67.0 Å². The Morgan fingerprint density at radius 2 is 0.968 bits per heavy atom. The summed E-state index contributed by atoms with van der Waals surface area (Å²) in [4.78, 5) is 54.2. The van der Waals surface area contributed by atoms with Crippen molar-refractivity contribution in [2.75, 3.05) is 13.2 Å². The van der Waals surface area contributed by atoms with E-state index in [1.807, 2.05) is 0 Å². The van der Waals surface area contributed by atoms with Crippen molar-refractivity contribution >= 4 is 27.6 Å². The van der Waals surface area contributed by atoms with Crippen molar-refractivity contribution in [3.05, 3.63) is 48.6 Å². The summed E-state index contributed by atoms with van der Waals surface area (Å²) in [7, 11) is -10.7. The Labute approximate surface area is 376 Å². The fourth-order valence-corrected chi connectivity index (χ4v) is 8.38. The Kier molecular flexibility index (Phi) is 33.8. The van der Waals surface area contributed by atoms with Crippen LogP contribution in [0.3, 0.4) is 0 Å². The van der Waals surface area contributed by atoms with E-state index in [1.165, 1.54) is 51.4 Å².